The summed E-state index contributed by atoms with van der Waals surface area (Å²) >= 11 is 6.86. The van der Waals surface area contributed by atoms with E-state index in [1.165, 1.54) is 17.1 Å². The van der Waals surface area contributed by atoms with E-state index in [1.807, 2.05) is 19.1 Å². The molecule has 1 aromatic carbocycles. The monoisotopic (exact) mass is 568 g/mol. The van der Waals surface area contributed by atoms with Crippen LogP contribution in [0.5, 0.6) is 11.6 Å². The van der Waals surface area contributed by atoms with Crippen LogP contribution in [0.1, 0.15) is 12.5 Å². The van der Waals surface area contributed by atoms with Gasteiger partial charge in [-0.2, -0.15) is 10.1 Å². The first kappa shape index (κ1) is 26.9. The average molecular weight is 569 g/mol. The maximum absolute atomic E-state index is 13.1. The van der Waals surface area contributed by atoms with Gasteiger partial charge >= 0.3 is 0 Å². The van der Waals surface area contributed by atoms with Crippen molar-refractivity contribution < 1.29 is 13.2 Å². The van der Waals surface area contributed by atoms with Gasteiger partial charge in [0.1, 0.15) is 15.7 Å². The Kier molecular flexibility index (Phi) is 7.69. The topological polar surface area (TPSA) is 118 Å². The number of ether oxygens (including phenoxy) is 1. The maximum atomic E-state index is 13.1. The number of anilines is 2. The fourth-order valence-corrected chi connectivity index (χ4v) is 5.56. The highest BCUT2D eigenvalue weighted by Crippen LogP contribution is 2.39. The quantitative estimate of drug-likeness (QED) is 0.338. The van der Waals surface area contributed by atoms with Crippen LogP contribution in [-0.4, -0.2) is 71.3 Å². The molecule has 0 spiro atoms. The number of pyridine rings is 1. The summed E-state index contributed by atoms with van der Waals surface area (Å²) < 4.78 is 36.3. The fraction of sp³-hybridized carbons (Fsp3) is 0.308. The molecule has 1 aliphatic rings. The molecule has 0 saturated carbocycles. The molecule has 11 nitrogen and oxygen atoms in total. The largest absolute Gasteiger partial charge is 0.437 e. The van der Waals surface area contributed by atoms with Crippen molar-refractivity contribution >= 4 is 33.3 Å². The Morgan fingerprint density at radius 2 is 1.79 bits per heavy atom. The van der Waals surface area contributed by atoms with Gasteiger partial charge in [-0.3, -0.25) is 9.67 Å². The van der Waals surface area contributed by atoms with E-state index < -0.39 is 10.0 Å². The molecular weight excluding hydrogens is 540 g/mol. The highest BCUT2D eigenvalue weighted by Gasteiger charge is 2.24. The Morgan fingerprint density at radius 3 is 2.46 bits per heavy atom. The smallest absolute Gasteiger partial charge is 0.267 e. The van der Waals surface area contributed by atoms with E-state index in [-0.39, 0.29) is 16.7 Å². The minimum absolute atomic E-state index is 0.0102. The summed E-state index contributed by atoms with van der Waals surface area (Å²) in [6, 6.07) is 9.22. The van der Waals surface area contributed by atoms with E-state index in [1.54, 1.807) is 37.6 Å². The Hall–Kier alpha value is -3.74. The van der Waals surface area contributed by atoms with Crippen molar-refractivity contribution in [3.63, 3.8) is 0 Å². The summed E-state index contributed by atoms with van der Waals surface area (Å²) in [5.74, 6) is 0.494. The molecule has 4 aromatic rings. The summed E-state index contributed by atoms with van der Waals surface area (Å²) in [4.78, 5) is 17.6. The molecule has 5 rings (SSSR count). The van der Waals surface area contributed by atoms with Crippen molar-refractivity contribution in [2.24, 2.45) is 7.05 Å². The van der Waals surface area contributed by atoms with Gasteiger partial charge in [-0.05, 0) is 37.7 Å². The lowest BCUT2D eigenvalue weighted by atomic mass is 10.1. The van der Waals surface area contributed by atoms with Crippen LogP contribution < -0.4 is 14.4 Å². The third kappa shape index (κ3) is 5.82. The van der Waals surface area contributed by atoms with Crippen molar-refractivity contribution in [3.8, 4) is 22.9 Å². The number of sulfonamides is 1. The van der Waals surface area contributed by atoms with Gasteiger partial charge < -0.3 is 14.5 Å². The SMILES string of the molecule is CCc1c(Oc2cccc(N3CCN(C)CC3)c2Cl)nc(NS(=O)(=O)c2cnn(C)c2)nc1-c1ccncc1. The van der Waals surface area contributed by atoms with Crippen LogP contribution in [0.3, 0.4) is 0 Å². The first-order valence-electron chi connectivity index (χ1n) is 12.5. The first-order chi connectivity index (χ1) is 18.7. The molecule has 0 aliphatic carbocycles. The van der Waals surface area contributed by atoms with Gasteiger partial charge in [0.15, 0.2) is 0 Å². The predicted octanol–water partition coefficient (Wildman–Crippen LogP) is 3.83. The van der Waals surface area contributed by atoms with Gasteiger partial charge in [-0.25, -0.2) is 18.1 Å². The van der Waals surface area contributed by atoms with Gasteiger partial charge in [0.25, 0.3) is 10.0 Å². The molecule has 1 fully saturated rings. The van der Waals surface area contributed by atoms with Crippen LogP contribution in [0.15, 0.2) is 60.0 Å². The molecule has 1 aliphatic heterocycles. The zero-order valence-electron chi connectivity index (χ0n) is 21.9. The molecule has 0 radical (unpaired) electrons. The van der Waals surface area contributed by atoms with E-state index in [2.05, 4.69) is 41.6 Å². The van der Waals surface area contributed by atoms with Crippen molar-refractivity contribution in [1.29, 1.82) is 0 Å². The van der Waals surface area contributed by atoms with Crippen molar-refractivity contribution in [2.75, 3.05) is 42.8 Å². The number of nitrogens with zero attached hydrogens (tertiary/aromatic N) is 7. The number of likely N-dealkylation sites (N-methyl/N-ethyl adjacent to an activating group) is 1. The number of piperazine rings is 1. The molecule has 0 amide bonds. The van der Waals surface area contributed by atoms with Crippen molar-refractivity contribution in [2.45, 2.75) is 18.2 Å². The van der Waals surface area contributed by atoms with E-state index in [9.17, 15) is 8.42 Å². The normalized spacial score (nSPS) is 14.4. The van der Waals surface area contributed by atoms with Crippen LogP contribution >= 0.6 is 11.6 Å². The molecule has 1 saturated heterocycles. The van der Waals surface area contributed by atoms with E-state index in [0.717, 1.165) is 37.4 Å². The zero-order valence-corrected chi connectivity index (χ0v) is 23.4. The number of aryl methyl sites for hydroxylation is 1. The second-order valence-corrected chi connectivity index (χ2v) is 11.3. The van der Waals surface area contributed by atoms with Crippen LogP contribution in [0.4, 0.5) is 11.6 Å². The minimum Gasteiger partial charge on any atom is -0.437 e. The third-order valence-corrected chi connectivity index (χ3v) is 8.15. The molecule has 0 atom stereocenters. The fourth-order valence-electron chi connectivity index (χ4n) is 4.35. The summed E-state index contributed by atoms with van der Waals surface area (Å²) in [7, 11) is -0.262. The lowest BCUT2D eigenvalue weighted by Gasteiger charge is -2.34. The molecule has 13 heteroatoms. The van der Waals surface area contributed by atoms with Crippen molar-refractivity contribution in [3.05, 3.63) is 65.7 Å². The molecule has 204 valence electrons. The lowest BCUT2D eigenvalue weighted by molar-refractivity contribution is 0.313. The summed E-state index contributed by atoms with van der Waals surface area (Å²) in [5, 5.41) is 4.42. The minimum atomic E-state index is -4.00. The van der Waals surface area contributed by atoms with Gasteiger partial charge in [0, 0.05) is 62.9 Å². The summed E-state index contributed by atoms with van der Waals surface area (Å²) in [6.07, 6.45) is 6.47. The Bertz CT molecular complexity index is 1570. The van der Waals surface area contributed by atoms with Crippen LogP contribution in [-0.2, 0) is 23.5 Å². The molecule has 39 heavy (non-hydrogen) atoms. The summed E-state index contributed by atoms with van der Waals surface area (Å²) in [5.41, 5.74) is 2.85. The molecule has 1 N–H and O–H groups in total. The van der Waals surface area contributed by atoms with Gasteiger partial charge in [-0.15, -0.1) is 0 Å². The van der Waals surface area contributed by atoms with Gasteiger partial charge in [-0.1, -0.05) is 24.6 Å². The van der Waals surface area contributed by atoms with E-state index in [4.69, 9.17) is 16.3 Å². The van der Waals surface area contributed by atoms with Crippen molar-refractivity contribution in [1.82, 2.24) is 29.6 Å². The molecule has 0 unspecified atom stereocenters. The number of aromatic nitrogens is 5. The van der Waals surface area contributed by atoms with Crippen LogP contribution in [0, 0.1) is 0 Å². The number of benzene rings is 1. The Labute approximate surface area is 232 Å². The second kappa shape index (κ2) is 11.2. The number of nitrogens with one attached hydrogen (secondary N) is 1. The molecule has 4 heterocycles. The molecule has 0 bridgehead atoms. The van der Waals surface area contributed by atoms with Crippen LogP contribution in [0.2, 0.25) is 5.02 Å². The predicted molar refractivity (Wildman–Crippen MR) is 150 cm³/mol. The maximum Gasteiger partial charge on any atom is 0.267 e. The molecule has 3 aromatic heterocycles. The summed E-state index contributed by atoms with van der Waals surface area (Å²) in [6.45, 7) is 5.52. The lowest BCUT2D eigenvalue weighted by Crippen LogP contribution is -2.44. The number of hydrogen-bond donors (Lipinski definition) is 1. The number of hydrogen-bond acceptors (Lipinski definition) is 9. The van der Waals surface area contributed by atoms with E-state index in [0.29, 0.717) is 28.5 Å². The van der Waals surface area contributed by atoms with Gasteiger partial charge in [0.2, 0.25) is 11.8 Å². The van der Waals surface area contributed by atoms with Gasteiger partial charge in [0.05, 0.1) is 17.6 Å². The third-order valence-electron chi connectivity index (χ3n) is 6.49. The molecular formula is C26H29ClN8O3S. The van der Waals surface area contributed by atoms with E-state index >= 15 is 0 Å². The van der Waals surface area contributed by atoms with Crippen LogP contribution in [0.25, 0.3) is 11.3 Å². The second-order valence-electron chi connectivity index (χ2n) is 9.21. The Balaban J connectivity index is 1.56. The highest BCUT2D eigenvalue weighted by molar-refractivity contribution is 7.92. The number of rotatable bonds is 8. The highest BCUT2D eigenvalue weighted by atomic mass is 35.5. The average Bonchev–Trinajstić information content (AvgIpc) is 3.38. The first-order valence-corrected chi connectivity index (χ1v) is 14.3. The zero-order chi connectivity index (χ0) is 27.6. The Morgan fingerprint density at radius 1 is 1.05 bits per heavy atom. The number of halogens is 1. The standard InChI is InChI=1S/C26H29ClN8O3S/c1-4-20-24(18-8-10-28-11-9-18)30-26(32-39(36,37)19-16-29-34(3)17-19)31-25(20)38-22-7-5-6-21(23(22)27)35-14-12-33(2)13-15-35/h5-11,16-17H,4,12-15H2,1-3H3,(H,30,31,32).